The molecule has 7 heteroatoms. The predicted octanol–water partition coefficient (Wildman–Crippen LogP) is 3.96. The smallest absolute Gasteiger partial charge is 0.295 e. The van der Waals surface area contributed by atoms with Gasteiger partial charge in [0.15, 0.2) is 11.5 Å². The van der Waals surface area contributed by atoms with Crippen molar-refractivity contribution in [3.63, 3.8) is 0 Å². The number of aliphatic hydroxyl groups excluding tert-OH is 1. The summed E-state index contributed by atoms with van der Waals surface area (Å²) in [6.07, 6.45) is 0.668. The Kier molecular flexibility index (Phi) is 6.19. The molecule has 0 bridgehead atoms. The molecule has 2 aromatic carbocycles. The topological polar surface area (TPSA) is 85.3 Å². The summed E-state index contributed by atoms with van der Waals surface area (Å²) in [5.41, 5.74) is 2.21. The summed E-state index contributed by atoms with van der Waals surface area (Å²) in [5, 5.41) is 11.2. The van der Waals surface area contributed by atoms with Gasteiger partial charge in [0.1, 0.15) is 5.76 Å². The van der Waals surface area contributed by atoms with Gasteiger partial charge in [-0.2, -0.15) is 0 Å². The molecule has 0 spiro atoms. The largest absolute Gasteiger partial charge is 0.507 e. The van der Waals surface area contributed by atoms with Crippen molar-refractivity contribution < 1.29 is 28.9 Å². The summed E-state index contributed by atoms with van der Waals surface area (Å²) >= 11 is 0. The van der Waals surface area contributed by atoms with E-state index in [4.69, 9.17) is 14.2 Å². The SMILES string of the molecule is Cc1ccccc1C1/C(=C(\O)c2ccc3c(c2)OCO3)C(=O)C(=O)N1CCCOC(C)C. The summed E-state index contributed by atoms with van der Waals surface area (Å²) in [6.45, 7) is 6.75. The summed E-state index contributed by atoms with van der Waals surface area (Å²) in [4.78, 5) is 27.6. The van der Waals surface area contributed by atoms with E-state index < -0.39 is 17.7 Å². The van der Waals surface area contributed by atoms with Crippen molar-refractivity contribution in [2.45, 2.75) is 39.3 Å². The van der Waals surface area contributed by atoms with E-state index in [1.165, 1.54) is 4.90 Å². The van der Waals surface area contributed by atoms with Crippen LogP contribution in [0.1, 0.15) is 43.0 Å². The first kappa shape index (κ1) is 21.9. The number of hydrogen-bond acceptors (Lipinski definition) is 6. The van der Waals surface area contributed by atoms with Crippen molar-refractivity contribution in [3.8, 4) is 11.5 Å². The number of nitrogens with zero attached hydrogens (tertiary/aromatic N) is 1. The molecule has 1 saturated heterocycles. The molecule has 0 radical (unpaired) electrons. The Hall–Kier alpha value is -3.32. The van der Waals surface area contributed by atoms with Gasteiger partial charge in [-0.15, -0.1) is 0 Å². The van der Waals surface area contributed by atoms with Crippen LogP contribution >= 0.6 is 0 Å². The van der Waals surface area contributed by atoms with Crippen LogP contribution in [0.5, 0.6) is 11.5 Å². The molecule has 0 aliphatic carbocycles. The Morgan fingerprint density at radius 1 is 1.16 bits per heavy atom. The van der Waals surface area contributed by atoms with Crippen molar-refractivity contribution in [3.05, 3.63) is 64.7 Å². The van der Waals surface area contributed by atoms with E-state index in [2.05, 4.69) is 0 Å². The quantitative estimate of drug-likeness (QED) is 0.305. The molecular formula is C25H27NO6. The van der Waals surface area contributed by atoms with Crippen LogP contribution in [0.25, 0.3) is 5.76 Å². The van der Waals surface area contributed by atoms with Crippen molar-refractivity contribution in [1.29, 1.82) is 0 Å². The number of fused-ring (bicyclic) bond motifs is 1. The fourth-order valence-corrected chi connectivity index (χ4v) is 4.08. The molecule has 0 saturated carbocycles. The van der Waals surface area contributed by atoms with E-state index in [9.17, 15) is 14.7 Å². The second kappa shape index (κ2) is 9.04. The van der Waals surface area contributed by atoms with Crippen LogP contribution in [0.15, 0.2) is 48.0 Å². The third-order valence-electron chi connectivity index (χ3n) is 5.66. The molecule has 2 aliphatic rings. The maximum Gasteiger partial charge on any atom is 0.295 e. The number of amides is 1. The Labute approximate surface area is 187 Å². The minimum absolute atomic E-state index is 0.0768. The molecule has 168 valence electrons. The van der Waals surface area contributed by atoms with Gasteiger partial charge in [0.2, 0.25) is 6.79 Å². The minimum Gasteiger partial charge on any atom is -0.507 e. The number of aliphatic hydroxyl groups is 1. The maximum absolute atomic E-state index is 13.1. The minimum atomic E-state index is -0.696. The van der Waals surface area contributed by atoms with E-state index in [1.807, 2.05) is 45.0 Å². The lowest BCUT2D eigenvalue weighted by Gasteiger charge is -2.26. The molecule has 7 nitrogen and oxygen atoms in total. The van der Waals surface area contributed by atoms with E-state index in [1.54, 1.807) is 18.2 Å². The zero-order valence-corrected chi connectivity index (χ0v) is 18.5. The monoisotopic (exact) mass is 437 g/mol. The highest BCUT2D eigenvalue weighted by molar-refractivity contribution is 6.46. The lowest BCUT2D eigenvalue weighted by molar-refractivity contribution is -0.140. The van der Waals surface area contributed by atoms with Crippen molar-refractivity contribution in [2.24, 2.45) is 0 Å². The predicted molar refractivity (Wildman–Crippen MR) is 118 cm³/mol. The summed E-state index contributed by atoms with van der Waals surface area (Å²) in [7, 11) is 0. The van der Waals surface area contributed by atoms with E-state index in [-0.39, 0.29) is 24.2 Å². The fraction of sp³-hybridized carbons (Fsp3) is 0.360. The molecule has 2 aliphatic heterocycles. The van der Waals surface area contributed by atoms with Gasteiger partial charge in [-0.1, -0.05) is 24.3 Å². The van der Waals surface area contributed by atoms with E-state index >= 15 is 0 Å². The highest BCUT2D eigenvalue weighted by atomic mass is 16.7. The molecule has 2 aromatic rings. The maximum atomic E-state index is 13.1. The first-order valence-corrected chi connectivity index (χ1v) is 10.7. The number of ketones is 1. The van der Waals surface area contributed by atoms with E-state index in [0.717, 1.165) is 11.1 Å². The number of benzene rings is 2. The molecule has 4 rings (SSSR count). The van der Waals surface area contributed by atoms with Crippen molar-refractivity contribution >= 4 is 17.4 Å². The molecule has 1 atom stereocenters. The van der Waals surface area contributed by atoms with Crippen LogP contribution in [0.2, 0.25) is 0 Å². The summed E-state index contributed by atoms with van der Waals surface area (Å²) < 4.78 is 16.3. The zero-order valence-electron chi connectivity index (χ0n) is 18.5. The van der Waals surface area contributed by atoms with Crippen LogP contribution in [-0.2, 0) is 14.3 Å². The average molecular weight is 437 g/mol. The zero-order chi connectivity index (χ0) is 22.8. The normalized spacial score (nSPS) is 19.2. The third kappa shape index (κ3) is 4.08. The van der Waals surface area contributed by atoms with Crippen LogP contribution in [0.4, 0.5) is 0 Å². The molecule has 1 amide bonds. The van der Waals surface area contributed by atoms with Gasteiger partial charge < -0.3 is 24.2 Å². The lowest BCUT2D eigenvalue weighted by atomic mass is 9.92. The third-order valence-corrected chi connectivity index (χ3v) is 5.66. The number of carbonyl (C=O) groups excluding carboxylic acids is 2. The average Bonchev–Trinajstić information content (AvgIpc) is 3.34. The number of aryl methyl sites for hydroxylation is 1. The van der Waals surface area contributed by atoms with Crippen LogP contribution in [0, 0.1) is 6.92 Å². The fourth-order valence-electron chi connectivity index (χ4n) is 4.08. The van der Waals surface area contributed by atoms with Gasteiger partial charge in [-0.3, -0.25) is 9.59 Å². The van der Waals surface area contributed by atoms with Gasteiger partial charge in [-0.05, 0) is 56.5 Å². The number of carbonyl (C=O) groups is 2. The first-order chi connectivity index (χ1) is 15.4. The van der Waals surface area contributed by atoms with Gasteiger partial charge in [0.05, 0.1) is 17.7 Å². The standard InChI is InChI=1S/C25H27NO6/c1-15(2)30-12-6-11-26-22(18-8-5-4-7-16(18)3)21(24(28)25(26)29)23(27)17-9-10-19-20(13-17)32-14-31-19/h4-5,7-10,13,15,22,27H,6,11-12,14H2,1-3H3/b23-21+. The summed E-state index contributed by atoms with van der Waals surface area (Å²) in [5.74, 6) is -0.483. The first-order valence-electron chi connectivity index (χ1n) is 10.7. The molecule has 0 aromatic heterocycles. The molecular weight excluding hydrogens is 410 g/mol. The van der Waals surface area contributed by atoms with Gasteiger partial charge in [0, 0.05) is 18.7 Å². The van der Waals surface area contributed by atoms with Gasteiger partial charge >= 0.3 is 0 Å². The van der Waals surface area contributed by atoms with Crippen LogP contribution < -0.4 is 9.47 Å². The highest BCUT2D eigenvalue weighted by Gasteiger charge is 2.46. The Morgan fingerprint density at radius 3 is 2.66 bits per heavy atom. The van der Waals surface area contributed by atoms with E-state index in [0.29, 0.717) is 36.6 Å². The number of ether oxygens (including phenoxy) is 3. The highest BCUT2D eigenvalue weighted by Crippen LogP contribution is 2.42. The van der Waals surface area contributed by atoms with Crippen LogP contribution in [-0.4, -0.2) is 47.7 Å². The Balaban J connectivity index is 1.75. The van der Waals surface area contributed by atoms with Crippen molar-refractivity contribution in [2.75, 3.05) is 19.9 Å². The lowest BCUT2D eigenvalue weighted by Crippen LogP contribution is -2.31. The van der Waals surface area contributed by atoms with Crippen LogP contribution in [0.3, 0.4) is 0 Å². The Bertz CT molecular complexity index is 1070. The number of likely N-dealkylation sites (tertiary alicyclic amines) is 1. The Morgan fingerprint density at radius 2 is 1.91 bits per heavy atom. The molecule has 1 unspecified atom stereocenters. The second-order valence-corrected chi connectivity index (χ2v) is 8.19. The second-order valence-electron chi connectivity index (χ2n) is 8.19. The number of hydrogen-bond donors (Lipinski definition) is 1. The molecule has 1 fully saturated rings. The number of Topliss-reactive ketones (excluding diaryl/α,β-unsaturated/α-hetero) is 1. The van der Waals surface area contributed by atoms with Gasteiger partial charge in [0.25, 0.3) is 11.7 Å². The summed E-state index contributed by atoms with van der Waals surface area (Å²) in [6, 6.07) is 11.9. The molecule has 2 heterocycles. The van der Waals surface area contributed by atoms with Crippen molar-refractivity contribution in [1.82, 2.24) is 4.90 Å². The molecule has 1 N–H and O–H groups in total. The number of rotatable bonds is 7. The van der Waals surface area contributed by atoms with Gasteiger partial charge in [-0.25, -0.2) is 0 Å². The molecule has 32 heavy (non-hydrogen) atoms.